The Labute approximate surface area is 122 Å². The molecule has 0 atom stereocenters. The highest BCUT2D eigenvalue weighted by molar-refractivity contribution is 5.85. The Hall–Kier alpha value is -1.39. The molecule has 0 rings (SSSR count). The Bertz CT molecular complexity index is 277. The quantitative estimate of drug-likeness (QED) is 0.605. The smallest absolute Gasteiger partial charge is 0.303 e. The highest BCUT2D eigenvalue weighted by atomic mass is 16.4. The summed E-state index contributed by atoms with van der Waals surface area (Å²) in [6.07, 6.45) is 7.00. The Morgan fingerprint density at radius 3 is 1.90 bits per heavy atom. The summed E-state index contributed by atoms with van der Waals surface area (Å²) in [5, 5.41) is 10.4. The number of hydrogen-bond acceptors (Lipinski definition) is 3. The lowest BCUT2D eigenvalue weighted by atomic mass is 10.1. The molecule has 20 heavy (non-hydrogen) atoms. The zero-order chi connectivity index (χ0) is 15.8. The molecule has 0 unspecified atom stereocenters. The van der Waals surface area contributed by atoms with Gasteiger partial charge < -0.3 is 10.4 Å². The lowest BCUT2D eigenvalue weighted by Gasteiger charge is -2.03. The molecule has 0 fully saturated rings. The van der Waals surface area contributed by atoms with Crippen LogP contribution in [0.2, 0.25) is 0 Å². The molecule has 0 spiro atoms. The van der Waals surface area contributed by atoms with Crippen LogP contribution in [0.25, 0.3) is 0 Å². The van der Waals surface area contributed by atoms with Gasteiger partial charge in [0.1, 0.15) is 0 Å². The number of ketones is 1. The summed E-state index contributed by atoms with van der Waals surface area (Å²) < 4.78 is 0. The minimum Gasteiger partial charge on any atom is -0.481 e. The van der Waals surface area contributed by atoms with Crippen LogP contribution in [0.4, 0.5) is 0 Å². The molecule has 5 heteroatoms. The summed E-state index contributed by atoms with van der Waals surface area (Å²) in [6.45, 7) is 5.77. The first-order valence-electron chi connectivity index (χ1n) is 7.48. The van der Waals surface area contributed by atoms with Crippen molar-refractivity contribution in [2.75, 3.05) is 6.54 Å². The maximum absolute atomic E-state index is 11.2. The van der Waals surface area contributed by atoms with Crippen LogP contribution in [-0.2, 0) is 14.4 Å². The van der Waals surface area contributed by atoms with Gasteiger partial charge in [-0.25, -0.2) is 0 Å². The molecule has 0 heterocycles. The number of carboxylic acids is 1. The zero-order valence-electron chi connectivity index (χ0n) is 13.0. The van der Waals surface area contributed by atoms with E-state index >= 15 is 0 Å². The van der Waals surface area contributed by atoms with Gasteiger partial charge in [-0.15, -0.1) is 0 Å². The fourth-order valence-corrected chi connectivity index (χ4v) is 1.30. The standard InChI is InChI=1S/C12H23NO2.C3H6O2/c1-3-5-6-7-8-9-12(15)13-10-11(14)4-2;1-2-3(4)5/h3-10H2,1-2H3,(H,13,15);2H2,1H3,(H,4,5). The number of carbonyl (C=O) groups is 3. The molecule has 0 bridgehead atoms. The van der Waals surface area contributed by atoms with Gasteiger partial charge in [0.15, 0.2) is 5.78 Å². The first kappa shape index (κ1) is 20.9. The molecule has 2 N–H and O–H groups in total. The van der Waals surface area contributed by atoms with Crippen LogP contribution >= 0.6 is 0 Å². The van der Waals surface area contributed by atoms with Crippen molar-refractivity contribution in [3.8, 4) is 0 Å². The van der Waals surface area contributed by atoms with Crippen LogP contribution in [-0.4, -0.2) is 29.3 Å². The zero-order valence-corrected chi connectivity index (χ0v) is 13.0. The van der Waals surface area contributed by atoms with Crippen molar-refractivity contribution in [1.82, 2.24) is 5.32 Å². The van der Waals surface area contributed by atoms with Gasteiger partial charge in [-0.3, -0.25) is 14.4 Å². The van der Waals surface area contributed by atoms with Gasteiger partial charge in [0.05, 0.1) is 6.54 Å². The minimum absolute atomic E-state index is 0.00768. The third kappa shape index (κ3) is 19.0. The number of rotatable bonds is 10. The van der Waals surface area contributed by atoms with Crippen LogP contribution in [0.3, 0.4) is 0 Å². The van der Waals surface area contributed by atoms with Crippen molar-refractivity contribution in [2.45, 2.75) is 72.1 Å². The number of aliphatic carboxylic acids is 1. The minimum atomic E-state index is -0.745. The summed E-state index contributed by atoms with van der Waals surface area (Å²) in [6, 6.07) is 0. The number of Topliss-reactive ketones (excluding diaryl/α,β-unsaturated/α-hetero) is 1. The van der Waals surface area contributed by atoms with E-state index in [0.717, 1.165) is 12.8 Å². The maximum Gasteiger partial charge on any atom is 0.303 e. The Morgan fingerprint density at radius 1 is 0.900 bits per heavy atom. The van der Waals surface area contributed by atoms with Crippen LogP contribution in [0.1, 0.15) is 72.1 Å². The van der Waals surface area contributed by atoms with Gasteiger partial charge in [-0.1, -0.05) is 46.5 Å². The highest BCUT2D eigenvalue weighted by Gasteiger charge is 2.03. The highest BCUT2D eigenvalue weighted by Crippen LogP contribution is 2.04. The number of carboxylic acid groups (broad SMARTS) is 1. The first-order chi connectivity index (χ1) is 9.47. The van der Waals surface area contributed by atoms with Crippen molar-refractivity contribution in [3.63, 3.8) is 0 Å². The van der Waals surface area contributed by atoms with E-state index in [2.05, 4.69) is 12.2 Å². The van der Waals surface area contributed by atoms with Crippen LogP contribution in [0.15, 0.2) is 0 Å². The van der Waals surface area contributed by atoms with Crippen molar-refractivity contribution < 1.29 is 19.5 Å². The number of nitrogens with one attached hydrogen (secondary N) is 1. The van der Waals surface area contributed by atoms with E-state index in [1.807, 2.05) is 0 Å². The van der Waals surface area contributed by atoms with Crippen molar-refractivity contribution in [1.29, 1.82) is 0 Å². The number of unbranched alkanes of at least 4 members (excludes halogenated alkanes) is 4. The van der Waals surface area contributed by atoms with E-state index in [0.29, 0.717) is 12.8 Å². The van der Waals surface area contributed by atoms with Gasteiger partial charge in [0.25, 0.3) is 0 Å². The molecule has 0 saturated carbocycles. The van der Waals surface area contributed by atoms with Gasteiger partial charge in [-0.2, -0.15) is 0 Å². The average Bonchev–Trinajstić information content (AvgIpc) is 2.45. The lowest BCUT2D eigenvalue weighted by molar-refractivity contribution is -0.136. The van der Waals surface area contributed by atoms with E-state index in [-0.39, 0.29) is 24.7 Å². The molecular formula is C15H29NO4. The third-order valence-corrected chi connectivity index (χ3v) is 2.69. The fourth-order valence-electron chi connectivity index (χ4n) is 1.30. The van der Waals surface area contributed by atoms with Crippen molar-refractivity contribution in [2.24, 2.45) is 0 Å². The van der Waals surface area contributed by atoms with E-state index < -0.39 is 5.97 Å². The molecule has 0 aliphatic rings. The second-order valence-electron chi connectivity index (χ2n) is 4.58. The van der Waals surface area contributed by atoms with Crippen LogP contribution in [0, 0.1) is 0 Å². The molecule has 0 aromatic heterocycles. The molecule has 0 saturated heterocycles. The van der Waals surface area contributed by atoms with Gasteiger partial charge >= 0.3 is 5.97 Å². The Morgan fingerprint density at radius 2 is 1.45 bits per heavy atom. The van der Waals surface area contributed by atoms with Crippen LogP contribution < -0.4 is 5.32 Å². The van der Waals surface area contributed by atoms with Crippen molar-refractivity contribution in [3.05, 3.63) is 0 Å². The van der Waals surface area contributed by atoms with Crippen LogP contribution in [0.5, 0.6) is 0 Å². The summed E-state index contributed by atoms with van der Waals surface area (Å²) in [5.41, 5.74) is 0. The van der Waals surface area contributed by atoms with E-state index in [1.54, 1.807) is 13.8 Å². The van der Waals surface area contributed by atoms with Gasteiger partial charge in [0, 0.05) is 19.3 Å². The normalized spacial score (nSPS) is 9.35. The predicted octanol–water partition coefficient (Wildman–Crippen LogP) is 2.92. The molecule has 0 aliphatic carbocycles. The van der Waals surface area contributed by atoms with E-state index in [1.165, 1.54) is 19.3 Å². The lowest BCUT2D eigenvalue weighted by Crippen LogP contribution is -2.28. The molecule has 0 aromatic carbocycles. The summed E-state index contributed by atoms with van der Waals surface area (Å²) >= 11 is 0. The van der Waals surface area contributed by atoms with Crippen molar-refractivity contribution >= 4 is 17.7 Å². The van der Waals surface area contributed by atoms with Gasteiger partial charge in [-0.05, 0) is 6.42 Å². The average molecular weight is 287 g/mol. The van der Waals surface area contributed by atoms with E-state index in [4.69, 9.17) is 5.11 Å². The number of carbonyl (C=O) groups excluding carboxylic acids is 2. The maximum atomic E-state index is 11.2. The topological polar surface area (TPSA) is 83.5 Å². The molecule has 118 valence electrons. The molecule has 0 aliphatic heterocycles. The summed E-state index contributed by atoms with van der Waals surface area (Å²) in [4.78, 5) is 31.5. The Kier molecular flexibility index (Phi) is 16.4. The molecule has 1 amide bonds. The van der Waals surface area contributed by atoms with Gasteiger partial charge in [0.2, 0.25) is 5.91 Å². The molecule has 5 nitrogen and oxygen atoms in total. The molecule has 0 aromatic rings. The Balaban J connectivity index is 0. The predicted molar refractivity (Wildman–Crippen MR) is 79.6 cm³/mol. The molecule has 0 radical (unpaired) electrons. The summed E-state index contributed by atoms with van der Waals surface area (Å²) in [7, 11) is 0. The number of hydrogen-bond donors (Lipinski definition) is 2. The monoisotopic (exact) mass is 287 g/mol. The second kappa shape index (κ2) is 15.7. The van der Waals surface area contributed by atoms with E-state index in [9.17, 15) is 14.4 Å². The number of amides is 1. The third-order valence-electron chi connectivity index (χ3n) is 2.69. The fraction of sp³-hybridized carbons (Fsp3) is 0.800. The first-order valence-corrected chi connectivity index (χ1v) is 7.48. The largest absolute Gasteiger partial charge is 0.481 e. The SMILES string of the molecule is CCC(=O)O.CCCCCCCC(=O)NCC(=O)CC. The molecular weight excluding hydrogens is 258 g/mol. The second-order valence-corrected chi connectivity index (χ2v) is 4.58. The summed E-state index contributed by atoms with van der Waals surface area (Å²) in [5.74, 6) is -0.646.